The van der Waals surface area contributed by atoms with Crippen molar-refractivity contribution in [1.29, 1.82) is 0 Å². The van der Waals surface area contributed by atoms with Gasteiger partial charge < -0.3 is 4.90 Å². The van der Waals surface area contributed by atoms with Gasteiger partial charge in [-0.05, 0) is 11.2 Å². The number of rotatable bonds is 1. The molecule has 0 atom stereocenters. The molecular formula is C8H9N3O2. The predicted molar refractivity (Wildman–Crippen MR) is 49.4 cm³/mol. The number of nitrogens with zero attached hydrogens (tertiary/aromatic N) is 3. The molecule has 1 aliphatic rings. The van der Waals surface area contributed by atoms with Crippen LogP contribution in [0.1, 0.15) is 0 Å². The molecule has 1 aromatic heterocycles. The molecule has 0 unspecified atom stereocenters. The molecule has 5 nitrogen and oxygen atoms in total. The quantitative estimate of drug-likeness (QED) is 0.596. The van der Waals surface area contributed by atoms with Crippen LogP contribution in [0.15, 0.2) is 22.1 Å². The molecule has 13 heavy (non-hydrogen) atoms. The topological polar surface area (TPSA) is 54.7 Å². The Morgan fingerprint density at radius 1 is 1.38 bits per heavy atom. The van der Waals surface area contributed by atoms with Crippen LogP contribution in [0.25, 0.3) is 0 Å². The number of anilines is 1. The average Bonchev–Trinajstić information content (AvgIpc) is 2.51. The normalized spacial score (nSPS) is 14.4. The van der Waals surface area contributed by atoms with E-state index in [1.54, 1.807) is 4.57 Å². The van der Waals surface area contributed by atoms with Crippen LogP contribution < -0.4 is 10.5 Å². The van der Waals surface area contributed by atoms with E-state index < -0.39 is 0 Å². The zero-order valence-corrected chi connectivity index (χ0v) is 7.23. The van der Waals surface area contributed by atoms with Gasteiger partial charge in [0.25, 0.3) is 5.56 Å². The highest BCUT2D eigenvalue weighted by atomic mass is 16.3. The van der Waals surface area contributed by atoms with Crippen LogP contribution in [0.4, 0.5) is 11.5 Å². The molecule has 2 heterocycles. The van der Waals surface area contributed by atoms with Crippen molar-refractivity contribution in [2.24, 2.45) is 5.18 Å². The summed E-state index contributed by atoms with van der Waals surface area (Å²) >= 11 is 0. The number of hydrogen-bond acceptors (Lipinski definition) is 4. The Morgan fingerprint density at radius 2 is 2.15 bits per heavy atom. The van der Waals surface area contributed by atoms with Crippen molar-refractivity contribution >= 4 is 11.5 Å². The van der Waals surface area contributed by atoms with Crippen LogP contribution >= 0.6 is 0 Å². The summed E-state index contributed by atoms with van der Waals surface area (Å²) in [4.78, 5) is 23.6. The molecule has 0 N–H and O–H groups in total. The van der Waals surface area contributed by atoms with E-state index in [0.29, 0.717) is 18.1 Å². The highest BCUT2D eigenvalue weighted by Crippen LogP contribution is 2.28. The molecule has 0 fully saturated rings. The van der Waals surface area contributed by atoms with Crippen molar-refractivity contribution in [3.63, 3.8) is 0 Å². The second-order valence-corrected chi connectivity index (χ2v) is 3.04. The van der Waals surface area contributed by atoms with E-state index in [2.05, 4.69) is 5.18 Å². The van der Waals surface area contributed by atoms with Gasteiger partial charge in [0, 0.05) is 26.2 Å². The number of aromatic nitrogens is 1. The Labute approximate surface area is 74.6 Å². The van der Waals surface area contributed by atoms with E-state index in [9.17, 15) is 9.70 Å². The summed E-state index contributed by atoms with van der Waals surface area (Å²) in [6.07, 6.45) is 0. The maximum atomic E-state index is 11.3. The Morgan fingerprint density at radius 3 is 2.85 bits per heavy atom. The van der Waals surface area contributed by atoms with Crippen molar-refractivity contribution in [1.82, 2.24) is 4.57 Å². The first-order valence-electron chi connectivity index (χ1n) is 4.02. The van der Waals surface area contributed by atoms with E-state index in [4.69, 9.17) is 0 Å². The summed E-state index contributed by atoms with van der Waals surface area (Å²) in [7, 11) is 1.84. The number of likely N-dealkylation sites (N-methyl/N-ethyl adjacent to an activating group) is 1. The third-order valence-electron chi connectivity index (χ3n) is 2.25. The standard InChI is InChI=1S/C8H9N3O2/c1-10-4-5-11-7(12)3-2-6(9-13)8(10)11/h2-3H,4-5H2,1H3. The fraction of sp³-hybridized carbons (Fsp3) is 0.375. The lowest BCUT2D eigenvalue weighted by atomic mass is 10.4. The van der Waals surface area contributed by atoms with Gasteiger partial charge in [0.1, 0.15) is 11.5 Å². The van der Waals surface area contributed by atoms with Gasteiger partial charge in [-0.3, -0.25) is 9.36 Å². The Hall–Kier alpha value is -1.65. The maximum absolute atomic E-state index is 11.3. The lowest BCUT2D eigenvalue weighted by Crippen LogP contribution is -2.16. The molecule has 2 rings (SSSR count). The minimum Gasteiger partial charge on any atom is -0.357 e. The lowest BCUT2D eigenvalue weighted by Gasteiger charge is -2.11. The monoisotopic (exact) mass is 179 g/mol. The van der Waals surface area contributed by atoms with E-state index in [1.165, 1.54) is 12.1 Å². The zero-order valence-electron chi connectivity index (χ0n) is 7.23. The summed E-state index contributed by atoms with van der Waals surface area (Å²) in [5.41, 5.74) is 0.256. The lowest BCUT2D eigenvalue weighted by molar-refractivity contribution is 0.764. The van der Waals surface area contributed by atoms with Crippen molar-refractivity contribution in [2.45, 2.75) is 6.54 Å². The third kappa shape index (κ3) is 1.04. The van der Waals surface area contributed by atoms with Gasteiger partial charge in [0.05, 0.1) is 0 Å². The van der Waals surface area contributed by atoms with Gasteiger partial charge >= 0.3 is 0 Å². The minimum absolute atomic E-state index is 0.0771. The third-order valence-corrected chi connectivity index (χ3v) is 2.25. The molecule has 0 spiro atoms. The van der Waals surface area contributed by atoms with Gasteiger partial charge in [-0.1, -0.05) is 0 Å². The van der Waals surface area contributed by atoms with Crippen LogP contribution in [0.3, 0.4) is 0 Å². The summed E-state index contributed by atoms with van der Waals surface area (Å²) in [5, 5.41) is 2.88. The Bertz CT molecular complexity index is 410. The molecule has 0 aromatic carbocycles. The molecule has 0 bridgehead atoms. The summed E-state index contributed by atoms with van der Waals surface area (Å²) in [6, 6.07) is 2.84. The van der Waals surface area contributed by atoms with Crippen LogP contribution in [-0.4, -0.2) is 18.2 Å². The summed E-state index contributed by atoms with van der Waals surface area (Å²) in [5.74, 6) is 0.627. The molecule has 0 radical (unpaired) electrons. The average molecular weight is 179 g/mol. The molecule has 0 saturated heterocycles. The molecule has 0 aliphatic carbocycles. The number of hydrogen-bond donors (Lipinski definition) is 0. The fourth-order valence-corrected chi connectivity index (χ4v) is 1.60. The van der Waals surface area contributed by atoms with Gasteiger partial charge in [-0.2, -0.15) is 0 Å². The van der Waals surface area contributed by atoms with E-state index in [-0.39, 0.29) is 5.56 Å². The van der Waals surface area contributed by atoms with Crippen LogP contribution in [0.2, 0.25) is 0 Å². The van der Waals surface area contributed by atoms with E-state index in [0.717, 1.165) is 6.54 Å². The van der Waals surface area contributed by atoms with Gasteiger partial charge in [-0.15, -0.1) is 4.91 Å². The first-order valence-corrected chi connectivity index (χ1v) is 4.02. The first-order chi connectivity index (χ1) is 6.24. The molecule has 0 amide bonds. The predicted octanol–water partition coefficient (Wildman–Crippen LogP) is 0.696. The highest BCUT2D eigenvalue weighted by molar-refractivity contribution is 5.63. The largest absolute Gasteiger partial charge is 0.357 e. The molecular weight excluding hydrogens is 170 g/mol. The molecule has 1 aliphatic heterocycles. The molecule has 68 valence electrons. The van der Waals surface area contributed by atoms with E-state index in [1.807, 2.05) is 11.9 Å². The Balaban J connectivity index is 2.73. The summed E-state index contributed by atoms with van der Waals surface area (Å²) in [6.45, 7) is 1.38. The van der Waals surface area contributed by atoms with Gasteiger partial charge in [0.15, 0.2) is 0 Å². The maximum Gasteiger partial charge on any atom is 0.252 e. The molecule has 1 aromatic rings. The van der Waals surface area contributed by atoms with Crippen molar-refractivity contribution in [3.05, 3.63) is 27.4 Å². The minimum atomic E-state index is -0.0771. The van der Waals surface area contributed by atoms with Crippen molar-refractivity contribution in [2.75, 3.05) is 18.5 Å². The number of fused-ring (bicyclic) bond motifs is 1. The second kappa shape index (κ2) is 2.69. The Kier molecular flexibility index (Phi) is 1.65. The van der Waals surface area contributed by atoms with Crippen LogP contribution in [-0.2, 0) is 6.54 Å². The van der Waals surface area contributed by atoms with Crippen LogP contribution in [0.5, 0.6) is 0 Å². The van der Waals surface area contributed by atoms with Crippen molar-refractivity contribution < 1.29 is 0 Å². The molecule has 0 saturated carbocycles. The first kappa shape index (κ1) is 7.97. The van der Waals surface area contributed by atoms with Gasteiger partial charge in [-0.25, -0.2) is 0 Å². The zero-order chi connectivity index (χ0) is 9.42. The smallest absolute Gasteiger partial charge is 0.252 e. The van der Waals surface area contributed by atoms with Gasteiger partial charge in [0.2, 0.25) is 0 Å². The molecule has 5 heteroatoms. The van der Waals surface area contributed by atoms with Crippen LogP contribution in [0, 0.1) is 4.91 Å². The second-order valence-electron chi connectivity index (χ2n) is 3.04. The van der Waals surface area contributed by atoms with Crippen molar-refractivity contribution in [3.8, 4) is 0 Å². The van der Waals surface area contributed by atoms with E-state index >= 15 is 0 Å². The summed E-state index contributed by atoms with van der Waals surface area (Å²) < 4.78 is 1.57. The SMILES string of the molecule is CN1CCn2c1c(N=O)ccc2=O. The fourth-order valence-electron chi connectivity index (χ4n) is 1.60. The number of pyridine rings is 1. The highest BCUT2D eigenvalue weighted by Gasteiger charge is 2.20. The number of nitroso groups, excluding NO2 is 1.